The smallest absolute Gasteiger partial charge is 0.330 e. The lowest BCUT2D eigenvalue weighted by atomic mass is 10.1. The van der Waals surface area contributed by atoms with Crippen molar-refractivity contribution >= 4 is 28.0 Å². The van der Waals surface area contributed by atoms with E-state index < -0.39 is 5.97 Å². The maximum absolute atomic E-state index is 10.8. The van der Waals surface area contributed by atoms with Gasteiger partial charge in [-0.15, -0.1) is 0 Å². The number of nitriles is 1. The molecule has 0 spiro atoms. The number of rotatable bonds is 2. The average Bonchev–Trinajstić information content (AvgIpc) is 2.25. The molecule has 0 aromatic carbocycles. The van der Waals surface area contributed by atoms with Crippen LogP contribution in [0.15, 0.2) is 22.9 Å². The van der Waals surface area contributed by atoms with Crippen molar-refractivity contribution in [2.24, 2.45) is 0 Å². The number of pyridine rings is 1. The van der Waals surface area contributed by atoms with Crippen molar-refractivity contribution in [1.29, 1.82) is 5.26 Å². The standard InChI is InChI=1S/C10H7BrN2O2/c1-15-10(14)3-2-7-5-13-6-9(11)8(7)4-12/h2-3,5-6H,1H3/b3-2+. The molecule has 1 heterocycles. The highest BCUT2D eigenvalue weighted by Gasteiger charge is 2.04. The Bertz CT molecular complexity index is 449. The Morgan fingerprint density at radius 2 is 2.40 bits per heavy atom. The molecule has 1 rings (SSSR count). The summed E-state index contributed by atoms with van der Waals surface area (Å²) in [5.41, 5.74) is 1.00. The van der Waals surface area contributed by atoms with E-state index in [2.05, 4.69) is 25.7 Å². The van der Waals surface area contributed by atoms with Crippen LogP contribution in [0.1, 0.15) is 11.1 Å². The number of aromatic nitrogens is 1. The predicted octanol–water partition coefficient (Wildman–Crippen LogP) is 1.90. The molecule has 0 N–H and O–H groups in total. The summed E-state index contributed by atoms with van der Waals surface area (Å²) in [6, 6.07) is 2.02. The molecule has 0 saturated carbocycles. The van der Waals surface area contributed by atoms with E-state index in [1.165, 1.54) is 31.7 Å². The van der Waals surface area contributed by atoms with Crippen LogP contribution in [0, 0.1) is 11.3 Å². The van der Waals surface area contributed by atoms with Crippen LogP contribution in [0.25, 0.3) is 6.08 Å². The van der Waals surface area contributed by atoms with Gasteiger partial charge in [-0.2, -0.15) is 5.26 Å². The fourth-order valence-corrected chi connectivity index (χ4v) is 1.36. The molecule has 0 aliphatic rings. The molecule has 0 fully saturated rings. The molecular weight excluding hydrogens is 260 g/mol. The van der Waals surface area contributed by atoms with Crippen molar-refractivity contribution in [3.05, 3.63) is 34.1 Å². The van der Waals surface area contributed by atoms with E-state index in [-0.39, 0.29) is 0 Å². The zero-order valence-electron chi connectivity index (χ0n) is 7.90. The van der Waals surface area contributed by atoms with E-state index in [0.29, 0.717) is 15.6 Å². The third-order valence-electron chi connectivity index (χ3n) is 1.64. The maximum atomic E-state index is 10.8. The third-order valence-corrected chi connectivity index (χ3v) is 2.24. The Hall–Kier alpha value is -1.67. The molecular formula is C10H7BrN2O2. The van der Waals surface area contributed by atoms with Crippen molar-refractivity contribution < 1.29 is 9.53 Å². The summed E-state index contributed by atoms with van der Waals surface area (Å²) in [6.07, 6.45) is 5.75. The summed E-state index contributed by atoms with van der Waals surface area (Å²) in [5.74, 6) is -0.473. The van der Waals surface area contributed by atoms with E-state index in [9.17, 15) is 4.79 Å². The zero-order chi connectivity index (χ0) is 11.3. The number of nitrogens with zero attached hydrogens (tertiary/aromatic N) is 2. The van der Waals surface area contributed by atoms with Gasteiger partial charge < -0.3 is 4.74 Å². The van der Waals surface area contributed by atoms with Gasteiger partial charge in [0.2, 0.25) is 0 Å². The molecule has 1 aromatic heterocycles. The van der Waals surface area contributed by atoms with Crippen LogP contribution in [-0.2, 0) is 9.53 Å². The van der Waals surface area contributed by atoms with Crippen LogP contribution in [0.5, 0.6) is 0 Å². The topological polar surface area (TPSA) is 63.0 Å². The van der Waals surface area contributed by atoms with Crippen LogP contribution in [0.3, 0.4) is 0 Å². The summed E-state index contributed by atoms with van der Waals surface area (Å²) in [6.45, 7) is 0. The Balaban J connectivity index is 3.06. The van der Waals surface area contributed by atoms with Gasteiger partial charge >= 0.3 is 5.97 Å². The second kappa shape index (κ2) is 5.27. The van der Waals surface area contributed by atoms with Gasteiger partial charge in [-0.3, -0.25) is 4.98 Å². The lowest BCUT2D eigenvalue weighted by molar-refractivity contribution is -0.134. The van der Waals surface area contributed by atoms with Gasteiger partial charge in [-0.05, 0) is 22.0 Å². The van der Waals surface area contributed by atoms with Gasteiger partial charge in [0.05, 0.1) is 17.1 Å². The van der Waals surface area contributed by atoms with Gasteiger partial charge in [0.15, 0.2) is 0 Å². The van der Waals surface area contributed by atoms with Gasteiger partial charge in [-0.25, -0.2) is 4.79 Å². The van der Waals surface area contributed by atoms with Crippen molar-refractivity contribution in [3.63, 3.8) is 0 Å². The molecule has 0 bridgehead atoms. The average molecular weight is 267 g/mol. The molecule has 1 aromatic rings. The number of hydrogen-bond acceptors (Lipinski definition) is 4. The Morgan fingerprint density at radius 3 is 3.00 bits per heavy atom. The minimum absolute atomic E-state index is 0.435. The van der Waals surface area contributed by atoms with Crippen LogP contribution in [0.2, 0.25) is 0 Å². The normalized spacial score (nSPS) is 9.93. The number of carbonyl (C=O) groups is 1. The summed E-state index contributed by atoms with van der Waals surface area (Å²) >= 11 is 3.20. The SMILES string of the molecule is COC(=O)/C=C/c1cncc(Br)c1C#N. The van der Waals surface area contributed by atoms with E-state index in [1.807, 2.05) is 6.07 Å². The molecule has 15 heavy (non-hydrogen) atoms. The number of esters is 1. The number of carbonyl (C=O) groups excluding carboxylic acids is 1. The lowest BCUT2D eigenvalue weighted by Gasteiger charge is -1.98. The Kier molecular flexibility index (Phi) is 4.01. The number of methoxy groups -OCH3 is 1. The first kappa shape index (κ1) is 11.4. The predicted molar refractivity (Wildman–Crippen MR) is 57.7 cm³/mol. The summed E-state index contributed by atoms with van der Waals surface area (Å²) in [7, 11) is 1.29. The van der Waals surface area contributed by atoms with E-state index in [1.54, 1.807) is 0 Å². The highest BCUT2D eigenvalue weighted by Crippen LogP contribution is 2.19. The highest BCUT2D eigenvalue weighted by molar-refractivity contribution is 9.10. The summed E-state index contributed by atoms with van der Waals surface area (Å²) in [5, 5.41) is 8.86. The quantitative estimate of drug-likeness (QED) is 0.606. The van der Waals surface area contributed by atoms with Gasteiger partial charge in [0.25, 0.3) is 0 Å². The van der Waals surface area contributed by atoms with E-state index in [4.69, 9.17) is 5.26 Å². The van der Waals surface area contributed by atoms with E-state index in [0.717, 1.165) is 0 Å². The van der Waals surface area contributed by atoms with Crippen molar-refractivity contribution in [3.8, 4) is 6.07 Å². The van der Waals surface area contributed by atoms with Gasteiger partial charge in [-0.1, -0.05) is 0 Å². The first-order valence-electron chi connectivity index (χ1n) is 3.98. The first-order valence-corrected chi connectivity index (χ1v) is 4.78. The van der Waals surface area contributed by atoms with Crippen molar-refractivity contribution in [1.82, 2.24) is 4.98 Å². The lowest BCUT2D eigenvalue weighted by Crippen LogP contribution is -1.94. The van der Waals surface area contributed by atoms with Gasteiger partial charge in [0, 0.05) is 24.0 Å². The fraction of sp³-hybridized carbons (Fsp3) is 0.100. The molecule has 0 unspecified atom stereocenters. The molecule has 0 atom stereocenters. The monoisotopic (exact) mass is 266 g/mol. The molecule has 5 heteroatoms. The molecule has 76 valence electrons. The maximum Gasteiger partial charge on any atom is 0.330 e. The molecule has 0 saturated heterocycles. The molecule has 0 radical (unpaired) electrons. The summed E-state index contributed by atoms with van der Waals surface area (Å²) < 4.78 is 5.03. The first-order chi connectivity index (χ1) is 7.19. The van der Waals surface area contributed by atoms with Crippen molar-refractivity contribution in [2.75, 3.05) is 7.11 Å². The fourth-order valence-electron chi connectivity index (χ4n) is 0.920. The van der Waals surface area contributed by atoms with Gasteiger partial charge in [0.1, 0.15) is 6.07 Å². The highest BCUT2D eigenvalue weighted by atomic mass is 79.9. The van der Waals surface area contributed by atoms with Crippen LogP contribution in [0.4, 0.5) is 0 Å². The second-order valence-electron chi connectivity index (χ2n) is 2.55. The summed E-state index contributed by atoms with van der Waals surface area (Å²) in [4.78, 5) is 14.7. The van der Waals surface area contributed by atoms with Crippen LogP contribution in [-0.4, -0.2) is 18.1 Å². The Labute approximate surface area is 95.3 Å². The number of halogens is 1. The number of ether oxygens (including phenoxy) is 1. The number of hydrogen-bond donors (Lipinski definition) is 0. The molecule has 0 aliphatic carbocycles. The minimum atomic E-state index is -0.473. The second-order valence-corrected chi connectivity index (χ2v) is 3.41. The minimum Gasteiger partial charge on any atom is -0.466 e. The molecule has 0 amide bonds. The molecule has 0 aliphatic heterocycles. The van der Waals surface area contributed by atoms with E-state index >= 15 is 0 Å². The Morgan fingerprint density at radius 1 is 1.67 bits per heavy atom. The third kappa shape index (κ3) is 2.89. The largest absolute Gasteiger partial charge is 0.466 e. The van der Waals surface area contributed by atoms with Crippen molar-refractivity contribution in [2.45, 2.75) is 0 Å². The van der Waals surface area contributed by atoms with Crippen LogP contribution < -0.4 is 0 Å². The van der Waals surface area contributed by atoms with Crippen LogP contribution >= 0.6 is 15.9 Å². The molecule has 4 nitrogen and oxygen atoms in total. The zero-order valence-corrected chi connectivity index (χ0v) is 9.48.